The van der Waals surface area contributed by atoms with Gasteiger partial charge < -0.3 is 13.4 Å². The summed E-state index contributed by atoms with van der Waals surface area (Å²) in [5.41, 5.74) is 1.72. The highest BCUT2D eigenvalue weighted by Gasteiger charge is 2.16. The van der Waals surface area contributed by atoms with Crippen LogP contribution in [0.1, 0.15) is 11.5 Å². The Morgan fingerprint density at radius 1 is 1.16 bits per heavy atom. The summed E-state index contributed by atoms with van der Waals surface area (Å²) in [5, 5.41) is 11.6. The molecule has 0 aliphatic heterocycles. The molecule has 0 unspecified atom stereocenters. The minimum atomic E-state index is -0.239. The van der Waals surface area contributed by atoms with Crippen LogP contribution in [0.15, 0.2) is 51.4 Å². The van der Waals surface area contributed by atoms with Gasteiger partial charge in [-0.05, 0) is 37.4 Å². The number of carbonyl (C=O) groups excluding carboxylic acids is 1. The number of anilines is 1. The predicted octanol–water partition coefficient (Wildman–Crippen LogP) is 3.54. The summed E-state index contributed by atoms with van der Waals surface area (Å²) in [7, 11) is 0. The number of para-hydroxylation sites is 1. The molecule has 0 saturated carbocycles. The number of aryl methyl sites for hydroxylation is 2. The summed E-state index contributed by atoms with van der Waals surface area (Å²) in [6.45, 7) is 3.83. The van der Waals surface area contributed by atoms with E-state index >= 15 is 0 Å². The molecule has 4 rings (SSSR count). The van der Waals surface area contributed by atoms with Crippen LogP contribution < -0.4 is 5.32 Å². The molecule has 7 nitrogen and oxygen atoms in total. The molecule has 0 fully saturated rings. The number of nitrogens with one attached hydrogen (secondary N) is 1. The van der Waals surface area contributed by atoms with Gasteiger partial charge in [0.2, 0.25) is 5.91 Å². The molecule has 4 aromatic rings. The average Bonchev–Trinajstić information content (AvgIpc) is 3.27. The lowest BCUT2D eigenvalue weighted by molar-refractivity contribution is -0.116. The zero-order chi connectivity index (χ0) is 17.4. The van der Waals surface area contributed by atoms with Crippen molar-refractivity contribution in [2.24, 2.45) is 0 Å². The summed E-state index contributed by atoms with van der Waals surface area (Å²) < 4.78 is 12.8. The molecule has 1 N–H and O–H groups in total. The SMILES string of the molecule is Cc1cc(-c2nnc(NC(=O)Cn3ccc4ccccc43)o2)c(C)o1. The Labute approximate surface area is 143 Å². The molecule has 3 aromatic heterocycles. The largest absolute Gasteiger partial charge is 0.466 e. The van der Waals surface area contributed by atoms with Crippen LogP contribution in [0, 0.1) is 13.8 Å². The van der Waals surface area contributed by atoms with E-state index in [1.807, 2.05) is 61.0 Å². The Bertz CT molecular complexity index is 1060. The second-order valence-corrected chi connectivity index (χ2v) is 5.79. The van der Waals surface area contributed by atoms with Gasteiger partial charge in [0.15, 0.2) is 0 Å². The maximum atomic E-state index is 12.3. The second-order valence-electron chi connectivity index (χ2n) is 5.79. The van der Waals surface area contributed by atoms with Crippen LogP contribution in [0.5, 0.6) is 0 Å². The first-order valence-corrected chi connectivity index (χ1v) is 7.85. The highest BCUT2D eigenvalue weighted by molar-refractivity contribution is 5.90. The highest BCUT2D eigenvalue weighted by atomic mass is 16.4. The Morgan fingerprint density at radius 3 is 2.80 bits per heavy atom. The van der Waals surface area contributed by atoms with Crippen molar-refractivity contribution in [1.29, 1.82) is 0 Å². The van der Waals surface area contributed by atoms with Gasteiger partial charge in [-0.2, -0.15) is 0 Å². The lowest BCUT2D eigenvalue weighted by atomic mass is 10.2. The van der Waals surface area contributed by atoms with Crippen molar-refractivity contribution in [3.63, 3.8) is 0 Å². The lowest BCUT2D eigenvalue weighted by Crippen LogP contribution is -2.18. The number of amides is 1. The smallest absolute Gasteiger partial charge is 0.322 e. The van der Waals surface area contributed by atoms with Gasteiger partial charge in [-0.3, -0.25) is 10.1 Å². The van der Waals surface area contributed by atoms with Gasteiger partial charge in [0, 0.05) is 11.7 Å². The summed E-state index contributed by atoms with van der Waals surface area (Å²) >= 11 is 0. The molecule has 25 heavy (non-hydrogen) atoms. The van der Waals surface area contributed by atoms with E-state index in [1.165, 1.54) is 0 Å². The van der Waals surface area contributed by atoms with Gasteiger partial charge >= 0.3 is 6.01 Å². The van der Waals surface area contributed by atoms with E-state index in [1.54, 1.807) is 0 Å². The molecule has 1 aromatic carbocycles. The van der Waals surface area contributed by atoms with E-state index in [0.29, 0.717) is 11.7 Å². The Kier molecular flexibility index (Phi) is 3.61. The normalized spacial score (nSPS) is 11.1. The van der Waals surface area contributed by atoms with Gasteiger partial charge in [0.25, 0.3) is 5.89 Å². The molecule has 0 atom stereocenters. The van der Waals surface area contributed by atoms with Crippen molar-refractivity contribution in [3.8, 4) is 11.5 Å². The fourth-order valence-electron chi connectivity index (χ4n) is 2.82. The van der Waals surface area contributed by atoms with Crippen molar-refractivity contribution in [3.05, 3.63) is 54.1 Å². The number of furan rings is 1. The van der Waals surface area contributed by atoms with Gasteiger partial charge in [-0.25, -0.2) is 0 Å². The third-order valence-corrected chi connectivity index (χ3v) is 3.94. The Morgan fingerprint density at radius 2 is 2.00 bits per heavy atom. The van der Waals surface area contributed by atoms with Crippen LogP contribution >= 0.6 is 0 Å². The van der Waals surface area contributed by atoms with Gasteiger partial charge in [-0.1, -0.05) is 23.3 Å². The van der Waals surface area contributed by atoms with E-state index in [2.05, 4.69) is 15.5 Å². The molecule has 126 valence electrons. The van der Waals surface area contributed by atoms with Crippen molar-refractivity contribution in [2.45, 2.75) is 20.4 Å². The molecular weight excluding hydrogens is 320 g/mol. The van der Waals surface area contributed by atoms with Crippen molar-refractivity contribution in [1.82, 2.24) is 14.8 Å². The van der Waals surface area contributed by atoms with E-state index in [0.717, 1.165) is 22.2 Å². The van der Waals surface area contributed by atoms with Crippen molar-refractivity contribution in [2.75, 3.05) is 5.32 Å². The first kappa shape index (κ1) is 15.2. The van der Waals surface area contributed by atoms with Crippen molar-refractivity contribution < 1.29 is 13.6 Å². The maximum absolute atomic E-state index is 12.3. The molecule has 3 heterocycles. The zero-order valence-electron chi connectivity index (χ0n) is 13.8. The van der Waals surface area contributed by atoms with Crippen LogP contribution in [-0.2, 0) is 11.3 Å². The molecule has 1 amide bonds. The number of rotatable bonds is 4. The van der Waals surface area contributed by atoms with Crippen LogP contribution in [0.3, 0.4) is 0 Å². The van der Waals surface area contributed by atoms with E-state index in [4.69, 9.17) is 8.83 Å². The van der Waals surface area contributed by atoms with E-state index < -0.39 is 0 Å². The third-order valence-electron chi connectivity index (χ3n) is 3.94. The number of hydrogen-bond donors (Lipinski definition) is 1. The molecular formula is C18H16N4O3. The van der Waals surface area contributed by atoms with Crippen LogP contribution in [0.2, 0.25) is 0 Å². The average molecular weight is 336 g/mol. The standard InChI is InChI=1S/C18H16N4O3/c1-11-9-14(12(2)24-11)17-20-21-18(25-17)19-16(23)10-22-8-7-13-5-3-4-6-15(13)22/h3-9H,10H2,1-2H3,(H,19,21,23). The quantitative estimate of drug-likeness (QED) is 0.616. The first-order chi connectivity index (χ1) is 12.1. The molecule has 0 aliphatic carbocycles. The fourth-order valence-corrected chi connectivity index (χ4v) is 2.82. The van der Waals surface area contributed by atoms with Crippen LogP contribution in [0.4, 0.5) is 6.01 Å². The topological polar surface area (TPSA) is 86.1 Å². The third kappa shape index (κ3) is 2.91. The highest BCUT2D eigenvalue weighted by Crippen LogP contribution is 2.26. The number of hydrogen-bond acceptors (Lipinski definition) is 5. The minimum Gasteiger partial charge on any atom is -0.466 e. The molecule has 0 bridgehead atoms. The number of benzene rings is 1. The Hall–Kier alpha value is -3.35. The fraction of sp³-hybridized carbons (Fsp3) is 0.167. The van der Waals surface area contributed by atoms with Gasteiger partial charge in [-0.15, -0.1) is 5.10 Å². The number of aromatic nitrogens is 3. The van der Waals surface area contributed by atoms with E-state index in [9.17, 15) is 4.79 Å². The number of carbonyl (C=O) groups is 1. The summed E-state index contributed by atoms with van der Waals surface area (Å²) in [6.07, 6.45) is 1.88. The predicted molar refractivity (Wildman–Crippen MR) is 92.0 cm³/mol. The maximum Gasteiger partial charge on any atom is 0.322 e. The minimum absolute atomic E-state index is 0.0646. The monoisotopic (exact) mass is 336 g/mol. The summed E-state index contributed by atoms with van der Waals surface area (Å²) in [5.74, 6) is 1.53. The molecule has 0 radical (unpaired) electrons. The Balaban J connectivity index is 1.49. The molecule has 7 heteroatoms. The lowest BCUT2D eigenvalue weighted by Gasteiger charge is -2.04. The van der Waals surface area contributed by atoms with E-state index in [-0.39, 0.29) is 18.5 Å². The van der Waals surface area contributed by atoms with Crippen LogP contribution in [-0.4, -0.2) is 20.7 Å². The van der Waals surface area contributed by atoms with Crippen LogP contribution in [0.25, 0.3) is 22.4 Å². The summed E-state index contributed by atoms with van der Waals surface area (Å²) in [4.78, 5) is 12.3. The molecule has 0 aliphatic rings. The zero-order valence-corrected chi connectivity index (χ0v) is 13.8. The number of nitrogens with zero attached hydrogens (tertiary/aromatic N) is 3. The van der Waals surface area contributed by atoms with Gasteiger partial charge in [0.1, 0.15) is 18.1 Å². The number of fused-ring (bicyclic) bond motifs is 1. The van der Waals surface area contributed by atoms with Crippen molar-refractivity contribution >= 4 is 22.8 Å². The molecule has 0 spiro atoms. The summed E-state index contributed by atoms with van der Waals surface area (Å²) in [6, 6.07) is 11.7. The second kappa shape index (κ2) is 5.94. The molecule has 0 saturated heterocycles. The van der Waals surface area contributed by atoms with Gasteiger partial charge in [0.05, 0.1) is 5.56 Å². The first-order valence-electron chi connectivity index (χ1n) is 7.85.